The molecule has 0 radical (unpaired) electrons. The SMILES string of the molecule is CCOC(=O)Cc1csc2cc(O)c(OC)cc12. The number of phenolic OH excluding ortho intramolecular Hbond substituents is 1. The van der Waals surface area contributed by atoms with E-state index in [1.807, 2.05) is 5.38 Å². The number of carbonyl (C=O) groups is 1. The molecule has 4 nitrogen and oxygen atoms in total. The monoisotopic (exact) mass is 266 g/mol. The zero-order valence-electron chi connectivity index (χ0n) is 10.2. The summed E-state index contributed by atoms with van der Waals surface area (Å²) in [6.07, 6.45) is 0.238. The molecule has 0 saturated heterocycles. The maximum Gasteiger partial charge on any atom is 0.310 e. The number of thiophene rings is 1. The van der Waals surface area contributed by atoms with Gasteiger partial charge < -0.3 is 14.6 Å². The molecule has 5 heteroatoms. The van der Waals surface area contributed by atoms with Gasteiger partial charge in [0.1, 0.15) is 0 Å². The number of ether oxygens (including phenoxy) is 2. The molecule has 1 aromatic carbocycles. The van der Waals surface area contributed by atoms with Crippen molar-refractivity contribution in [3.8, 4) is 11.5 Å². The molecule has 0 atom stereocenters. The number of methoxy groups -OCH3 is 1. The fourth-order valence-electron chi connectivity index (χ4n) is 1.76. The van der Waals surface area contributed by atoms with Crippen molar-refractivity contribution in [2.75, 3.05) is 13.7 Å². The van der Waals surface area contributed by atoms with E-state index in [2.05, 4.69) is 0 Å². The highest BCUT2D eigenvalue weighted by atomic mass is 32.1. The Kier molecular flexibility index (Phi) is 3.72. The van der Waals surface area contributed by atoms with Crippen LogP contribution in [0.3, 0.4) is 0 Å². The summed E-state index contributed by atoms with van der Waals surface area (Å²) in [5, 5.41) is 12.5. The van der Waals surface area contributed by atoms with Crippen LogP contribution in [0.1, 0.15) is 12.5 Å². The fourth-order valence-corrected chi connectivity index (χ4v) is 2.74. The van der Waals surface area contributed by atoms with Gasteiger partial charge in [-0.25, -0.2) is 0 Å². The molecule has 2 aromatic rings. The number of esters is 1. The van der Waals surface area contributed by atoms with E-state index >= 15 is 0 Å². The molecular weight excluding hydrogens is 252 g/mol. The summed E-state index contributed by atoms with van der Waals surface area (Å²) in [4.78, 5) is 11.5. The molecule has 0 fully saturated rings. The first kappa shape index (κ1) is 12.7. The van der Waals surface area contributed by atoms with E-state index in [-0.39, 0.29) is 18.1 Å². The Bertz CT molecular complexity index is 574. The molecule has 0 bridgehead atoms. The van der Waals surface area contributed by atoms with Crippen LogP contribution in [0.15, 0.2) is 17.5 Å². The molecule has 1 N–H and O–H groups in total. The van der Waals surface area contributed by atoms with Crippen LogP contribution in [0.5, 0.6) is 11.5 Å². The molecular formula is C13H14O4S. The predicted molar refractivity (Wildman–Crippen MR) is 70.4 cm³/mol. The highest BCUT2D eigenvalue weighted by Crippen LogP contribution is 2.36. The van der Waals surface area contributed by atoms with Gasteiger partial charge in [0.25, 0.3) is 0 Å². The average Bonchev–Trinajstić information content (AvgIpc) is 2.70. The predicted octanol–water partition coefficient (Wildman–Crippen LogP) is 2.72. The lowest BCUT2D eigenvalue weighted by Gasteiger charge is -2.04. The summed E-state index contributed by atoms with van der Waals surface area (Å²) in [5.41, 5.74) is 0.895. The van der Waals surface area contributed by atoms with Crippen molar-refractivity contribution in [3.05, 3.63) is 23.1 Å². The van der Waals surface area contributed by atoms with E-state index in [0.717, 1.165) is 15.6 Å². The lowest BCUT2D eigenvalue weighted by Crippen LogP contribution is -2.06. The quantitative estimate of drug-likeness (QED) is 0.864. The summed E-state index contributed by atoms with van der Waals surface area (Å²) in [7, 11) is 1.50. The third kappa shape index (κ3) is 2.41. The van der Waals surface area contributed by atoms with Gasteiger partial charge in [0, 0.05) is 16.2 Å². The molecule has 96 valence electrons. The zero-order valence-corrected chi connectivity index (χ0v) is 11.0. The molecule has 1 heterocycles. The van der Waals surface area contributed by atoms with Crippen molar-refractivity contribution in [2.24, 2.45) is 0 Å². The lowest BCUT2D eigenvalue weighted by molar-refractivity contribution is -0.142. The molecule has 0 spiro atoms. The average molecular weight is 266 g/mol. The molecule has 0 aliphatic rings. The van der Waals surface area contributed by atoms with Gasteiger partial charge in [0.15, 0.2) is 11.5 Å². The summed E-state index contributed by atoms with van der Waals surface area (Å²) < 4.78 is 10.9. The van der Waals surface area contributed by atoms with Gasteiger partial charge in [0.2, 0.25) is 0 Å². The van der Waals surface area contributed by atoms with Crippen molar-refractivity contribution >= 4 is 27.4 Å². The number of rotatable bonds is 4. The molecule has 0 aliphatic heterocycles. The first-order chi connectivity index (χ1) is 8.65. The molecule has 0 saturated carbocycles. The minimum atomic E-state index is -0.246. The van der Waals surface area contributed by atoms with Gasteiger partial charge in [-0.05, 0) is 23.9 Å². The van der Waals surface area contributed by atoms with Crippen LogP contribution in [0, 0.1) is 0 Å². The molecule has 1 aromatic heterocycles. The third-order valence-corrected chi connectivity index (χ3v) is 3.59. The topological polar surface area (TPSA) is 55.8 Å². The van der Waals surface area contributed by atoms with Gasteiger partial charge in [0.05, 0.1) is 20.1 Å². The number of hydrogen-bond acceptors (Lipinski definition) is 5. The second-order valence-electron chi connectivity index (χ2n) is 3.76. The minimum Gasteiger partial charge on any atom is -0.504 e. The van der Waals surface area contributed by atoms with Gasteiger partial charge in [-0.3, -0.25) is 4.79 Å². The Morgan fingerprint density at radius 1 is 1.44 bits per heavy atom. The second-order valence-corrected chi connectivity index (χ2v) is 4.67. The van der Waals surface area contributed by atoms with E-state index < -0.39 is 0 Å². The number of carbonyl (C=O) groups excluding carboxylic acids is 1. The first-order valence-electron chi connectivity index (χ1n) is 5.58. The van der Waals surface area contributed by atoms with Crippen LogP contribution in [-0.4, -0.2) is 24.8 Å². The largest absolute Gasteiger partial charge is 0.504 e. The highest BCUT2D eigenvalue weighted by molar-refractivity contribution is 7.17. The zero-order chi connectivity index (χ0) is 13.1. The van der Waals surface area contributed by atoms with E-state index in [4.69, 9.17) is 9.47 Å². The summed E-state index contributed by atoms with van der Waals surface area (Å²) in [5.74, 6) is 0.268. The molecule has 2 rings (SSSR count). The van der Waals surface area contributed by atoms with Crippen molar-refractivity contribution in [1.29, 1.82) is 0 Å². The molecule has 18 heavy (non-hydrogen) atoms. The Labute approximate surface area is 109 Å². The summed E-state index contributed by atoms with van der Waals surface area (Å²) >= 11 is 1.48. The lowest BCUT2D eigenvalue weighted by atomic mass is 10.1. The van der Waals surface area contributed by atoms with Crippen LogP contribution < -0.4 is 4.74 Å². The number of benzene rings is 1. The van der Waals surface area contributed by atoms with Crippen molar-refractivity contribution in [1.82, 2.24) is 0 Å². The Morgan fingerprint density at radius 2 is 2.22 bits per heavy atom. The number of hydrogen-bond donors (Lipinski definition) is 1. The maximum atomic E-state index is 11.5. The van der Waals surface area contributed by atoms with Crippen LogP contribution in [-0.2, 0) is 16.0 Å². The van der Waals surface area contributed by atoms with Gasteiger partial charge in [-0.15, -0.1) is 11.3 Å². The molecule has 0 aliphatic carbocycles. The standard InChI is InChI=1S/C13H14O4S/c1-3-17-13(15)4-8-7-18-12-6-10(14)11(16-2)5-9(8)12/h5-7,14H,3-4H2,1-2H3. The second kappa shape index (κ2) is 5.27. The van der Waals surface area contributed by atoms with Crippen molar-refractivity contribution in [2.45, 2.75) is 13.3 Å². The minimum absolute atomic E-state index is 0.106. The fraction of sp³-hybridized carbons (Fsp3) is 0.308. The summed E-state index contributed by atoms with van der Waals surface area (Å²) in [6, 6.07) is 3.39. The Balaban J connectivity index is 2.37. The molecule has 0 unspecified atom stereocenters. The van der Waals surface area contributed by atoms with Crippen LogP contribution >= 0.6 is 11.3 Å². The highest BCUT2D eigenvalue weighted by Gasteiger charge is 2.12. The normalized spacial score (nSPS) is 10.6. The van der Waals surface area contributed by atoms with Crippen LogP contribution in [0.25, 0.3) is 10.1 Å². The van der Waals surface area contributed by atoms with Gasteiger partial charge >= 0.3 is 5.97 Å². The van der Waals surface area contributed by atoms with Crippen LogP contribution in [0.2, 0.25) is 0 Å². The number of phenols is 1. The number of fused-ring (bicyclic) bond motifs is 1. The van der Waals surface area contributed by atoms with E-state index in [0.29, 0.717) is 12.4 Å². The van der Waals surface area contributed by atoms with E-state index in [1.54, 1.807) is 19.1 Å². The summed E-state index contributed by atoms with van der Waals surface area (Å²) in [6.45, 7) is 2.16. The van der Waals surface area contributed by atoms with Crippen molar-refractivity contribution in [3.63, 3.8) is 0 Å². The first-order valence-corrected chi connectivity index (χ1v) is 6.46. The maximum absolute atomic E-state index is 11.5. The third-order valence-electron chi connectivity index (χ3n) is 2.60. The van der Waals surface area contributed by atoms with Crippen LogP contribution in [0.4, 0.5) is 0 Å². The smallest absolute Gasteiger partial charge is 0.310 e. The Hall–Kier alpha value is -1.75. The van der Waals surface area contributed by atoms with Crippen molar-refractivity contribution < 1.29 is 19.4 Å². The number of aromatic hydroxyl groups is 1. The Morgan fingerprint density at radius 3 is 2.89 bits per heavy atom. The van der Waals surface area contributed by atoms with E-state index in [9.17, 15) is 9.90 Å². The molecule has 0 amide bonds. The van der Waals surface area contributed by atoms with E-state index in [1.165, 1.54) is 18.4 Å². The van der Waals surface area contributed by atoms with Gasteiger partial charge in [-0.1, -0.05) is 0 Å². The van der Waals surface area contributed by atoms with Gasteiger partial charge in [-0.2, -0.15) is 0 Å².